The van der Waals surface area contributed by atoms with Gasteiger partial charge in [0.1, 0.15) is 0 Å². The minimum Gasteiger partial charge on any atom is -0.330 e. The lowest BCUT2D eigenvalue weighted by Gasteiger charge is -2.11. The van der Waals surface area contributed by atoms with Gasteiger partial charge in [0.2, 0.25) is 5.91 Å². The fourth-order valence-electron chi connectivity index (χ4n) is 1.48. The number of nitrogens with two attached hydrogens (primary N) is 1. The van der Waals surface area contributed by atoms with Gasteiger partial charge in [0.05, 0.1) is 5.56 Å². The van der Waals surface area contributed by atoms with E-state index in [1.165, 1.54) is 6.07 Å². The van der Waals surface area contributed by atoms with Crippen LogP contribution in [0.5, 0.6) is 0 Å². The van der Waals surface area contributed by atoms with E-state index in [1.807, 2.05) is 0 Å². The molecular weight excluding hydrogens is 325 g/mol. The van der Waals surface area contributed by atoms with Crippen molar-refractivity contribution in [2.24, 2.45) is 5.73 Å². The molecule has 0 radical (unpaired) electrons. The second-order valence-electron chi connectivity index (χ2n) is 4.02. The predicted octanol–water partition coefficient (Wildman–Crippen LogP) is 3.54. The van der Waals surface area contributed by atoms with Crippen molar-refractivity contribution in [1.29, 1.82) is 0 Å². The summed E-state index contributed by atoms with van der Waals surface area (Å²) >= 11 is 2.99. The van der Waals surface area contributed by atoms with Gasteiger partial charge in [0.15, 0.2) is 0 Å². The van der Waals surface area contributed by atoms with Crippen molar-refractivity contribution < 1.29 is 18.0 Å². The highest BCUT2D eigenvalue weighted by atomic mass is 79.9. The molecule has 0 saturated heterocycles. The average molecular weight is 339 g/mol. The van der Waals surface area contributed by atoms with Gasteiger partial charge in [-0.15, -0.1) is 0 Å². The Hall–Kier alpha value is -1.08. The van der Waals surface area contributed by atoms with Crippen LogP contribution in [-0.4, -0.2) is 12.5 Å². The van der Waals surface area contributed by atoms with Gasteiger partial charge in [0.25, 0.3) is 0 Å². The SMILES string of the molecule is NCCCCC(=O)Nc1cc(Br)cc(C(F)(F)F)c1. The number of nitrogens with one attached hydrogen (secondary N) is 1. The maximum Gasteiger partial charge on any atom is 0.416 e. The molecular formula is C12H14BrF3N2O. The summed E-state index contributed by atoms with van der Waals surface area (Å²) in [4.78, 5) is 11.5. The first kappa shape index (κ1) is 16.0. The Morgan fingerprint density at radius 1 is 1.26 bits per heavy atom. The molecule has 0 unspecified atom stereocenters. The first-order chi connectivity index (χ1) is 8.82. The van der Waals surface area contributed by atoms with Gasteiger partial charge in [-0.05, 0) is 37.6 Å². The summed E-state index contributed by atoms with van der Waals surface area (Å²) in [6, 6.07) is 3.30. The Morgan fingerprint density at radius 3 is 2.53 bits per heavy atom. The number of benzene rings is 1. The van der Waals surface area contributed by atoms with Gasteiger partial charge < -0.3 is 11.1 Å². The fraction of sp³-hybridized carbons (Fsp3) is 0.417. The van der Waals surface area contributed by atoms with E-state index >= 15 is 0 Å². The highest BCUT2D eigenvalue weighted by molar-refractivity contribution is 9.10. The van der Waals surface area contributed by atoms with Crippen LogP contribution in [0.1, 0.15) is 24.8 Å². The number of hydrogen-bond donors (Lipinski definition) is 2. The van der Waals surface area contributed by atoms with Crippen LogP contribution in [0.4, 0.5) is 18.9 Å². The molecule has 0 aliphatic carbocycles. The van der Waals surface area contributed by atoms with Crippen molar-refractivity contribution in [2.45, 2.75) is 25.4 Å². The Labute approximate surface area is 117 Å². The van der Waals surface area contributed by atoms with Gasteiger partial charge in [-0.2, -0.15) is 13.2 Å². The molecule has 0 fully saturated rings. The first-order valence-corrected chi connectivity index (χ1v) is 6.50. The molecule has 0 heterocycles. The van der Waals surface area contributed by atoms with E-state index in [4.69, 9.17) is 5.73 Å². The molecule has 1 amide bonds. The average Bonchev–Trinajstić information content (AvgIpc) is 2.27. The highest BCUT2D eigenvalue weighted by Gasteiger charge is 2.31. The molecule has 7 heteroatoms. The van der Waals surface area contributed by atoms with E-state index in [2.05, 4.69) is 21.2 Å². The monoisotopic (exact) mass is 338 g/mol. The molecule has 0 bridgehead atoms. The van der Waals surface area contributed by atoms with Crippen LogP contribution < -0.4 is 11.1 Å². The standard InChI is InChI=1S/C12H14BrF3N2O/c13-9-5-8(12(14,15)16)6-10(7-9)18-11(19)3-1-2-4-17/h5-7H,1-4,17H2,(H,18,19). The van der Waals surface area contributed by atoms with E-state index in [0.29, 0.717) is 19.4 Å². The minimum absolute atomic E-state index is 0.124. The molecule has 106 valence electrons. The zero-order valence-corrected chi connectivity index (χ0v) is 11.6. The third-order valence-corrected chi connectivity index (χ3v) is 2.82. The van der Waals surface area contributed by atoms with E-state index in [1.54, 1.807) is 0 Å². The maximum atomic E-state index is 12.6. The van der Waals surface area contributed by atoms with E-state index in [0.717, 1.165) is 12.1 Å². The molecule has 3 nitrogen and oxygen atoms in total. The molecule has 0 aromatic heterocycles. The molecule has 1 aromatic rings. The summed E-state index contributed by atoms with van der Waals surface area (Å²) in [6.07, 6.45) is -2.88. The van der Waals surface area contributed by atoms with Crippen LogP contribution in [0, 0.1) is 0 Å². The molecule has 0 aliphatic heterocycles. The van der Waals surface area contributed by atoms with E-state index < -0.39 is 11.7 Å². The highest BCUT2D eigenvalue weighted by Crippen LogP contribution is 2.33. The number of rotatable bonds is 5. The quantitative estimate of drug-likeness (QED) is 0.807. The van der Waals surface area contributed by atoms with Crippen molar-refractivity contribution >= 4 is 27.5 Å². The molecule has 19 heavy (non-hydrogen) atoms. The number of carbonyl (C=O) groups is 1. The van der Waals surface area contributed by atoms with E-state index in [9.17, 15) is 18.0 Å². The second kappa shape index (κ2) is 6.91. The van der Waals surface area contributed by atoms with Crippen LogP contribution in [0.25, 0.3) is 0 Å². The molecule has 1 rings (SSSR count). The van der Waals surface area contributed by atoms with Crippen molar-refractivity contribution in [2.75, 3.05) is 11.9 Å². The maximum absolute atomic E-state index is 12.6. The summed E-state index contributed by atoms with van der Waals surface area (Å²) in [7, 11) is 0. The van der Waals surface area contributed by atoms with Crippen molar-refractivity contribution in [1.82, 2.24) is 0 Å². The van der Waals surface area contributed by atoms with Gasteiger partial charge >= 0.3 is 6.18 Å². The molecule has 0 aliphatic rings. The summed E-state index contributed by atoms with van der Waals surface area (Å²) < 4.78 is 38.0. The van der Waals surface area contributed by atoms with E-state index in [-0.39, 0.29) is 22.5 Å². The third kappa shape index (κ3) is 5.61. The zero-order valence-electron chi connectivity index (χ0n) is 10.1. The second-order valence-corrected chi connectivity index (χ2v) is 4.94. The molecule has 1 aromatic carbocycles. The predicted molar refractivity (Wildman–Crippen MR) is 70.7 cm³/mol. The van der Waals surface area contributed by atoms with Gasteiger partial charge in [-0.3, -0.25) is 4.79 Å². The fourth-order valence-corrected chi connectivity index (χ4v) is 1.97. The Bertz CT molecular complexity index is 449. The van der Waals surface area contributed by atoms with Crippen LogP contribution in [0.15, 0.2) is 22.7 Å². The Morgan fingerprint density at radius 2 is 1.95 bits per heavy atom. The zero-order chi connectivity index (χ0) is 14.5. The molecule has 3 N–H and O–H groups in total. The number of amides is 1. The minimum atomic E-state index is -4.44. The topological polar surface area (TPSA) is 55.1 Å². The lowest BCUT2D eigenvalue weighted by molar-refractivity contribution is -0.137. The number of anilines is 1. The largest absolute Gasteiger partial charge is 0.416 e. The number of carbonyl (C=O) groups excluding carboxylic acids is 1. The summed E-state index contributed by atoms with van der Waals surface area (Å²) in [5.41, 5.74) is 4.61. The first-order valence-electron chi connectivity index (χ1n) is 5.70. The van der Waals surface area contributed by atoms with Gasteiger partial charge in [0, 0.05) is 16.6 Å². The molecule has 0 saturated carbocycles. The van der Waals surface area contributed by atoms with Gasteiger partial charge in [-0.1, -0.05) is 15.9 Å². The molecule has 0 atom stereocenters. The Kier molecular flexibility index (Phi) is 5.81. The number of unbranched alkanes of at least 4 members (excludes halogenated alkanes) is 1. The van der Waals surface area contributed by atoms with Crippen LogP contribution >= 0.6 is 15.9 Å². The van der Waals surface area contributed by atoms with Crippen molar-refractivity contribution in [3.63, 3.8) is 0 Å². The third-order valence-electron chi connectivity index (χ3n) is 2.37. The molecule has 0 spiro atoms. The smallest absolute Gasteiger partial charge is 0.330 e. The van der Waals surface area contributed by atoms with Crippen LogP contribution in [0.2, 0.25) is 0 Å². The number of hydrogen-bond acceptors (Lipinski definition) is 2. The van der Waals surface area contributed by atoms with Crippen LogP contribution in [-0.2, 0) is 11.0 Å². The summed E-state index contributed by atoms with van der Waals surface area (Å²) in [5.74, 6) is -0.320. The van der Waals surface area contributed by atoms with Gasteiger partial charge in [-0.25, -0.2) is 0 Å². The lowest BCUT2D eigenvalue weighted by Crippen LogP contribution is -2.13. The number of alkyl halides is 3. The number of halogens is 4. The Balaban J connectivity index is 2.73. The van der Waals surface area contributed by atoms with Crippen molar-refractivity contribution in [3.8, 4) is 0 Å². The summed E-state index contributed by atoms with van der Waals surface area (Å²) in [6.45, 7) is 0.488. The van der Waals surface area contributed by atoms with Crippen molar-refractivity contribution in [3.05, 3.63) is 28.2 Å². The van der Waals surface area contributed by atoms with Crippen LogP contribution in [0.3, 0.4) is 0 Å². The normalized spacial score (nSPS) is 11.4. The lowest BCUT2D eigenvalue weighted by atomic mass is 10.2. The summed E-state index contributed by atoms with van der Waals surface area (Å²) in [5, 5.41) is 2.44.